The van der Waals surface area contributed by atoms with Gasteiger partial charge in [0.05, 0.1) is 25.2 Å². The fourth-order valence-electron chi connectivity index (χ4n) is 3.00. The summed E-state index contributed by atoms with van der Waals surface area (Å²) in [4.78, 5) is 21.5. The van der Waals surface area contributed by atoms with Crippen molar-refractivity contribution in [2.75, 3.05) is 46.9 Å². The summed E-state index contributed by atoms with van der Waals surface area (Å²) in [6.07, 6.45) is 2.38. The maximum Gasteiger partial charge on any atom is 0.286 e. The molecule has 0 atom stereocenters. The highest BCUT2D eigenvalue weighted by molar-refractivity contribution is 8.18. The van der Waals surface area contributed by atoms with E-state index < -0.39 is 0 Å². The van der Waals surface area contributed by atoms with E-state index in [0.29, 0.717) is 22.8 Å². The molecule has 1 aromatic rings. The van der Waals surface area contributed by atoms with E-state index in [0.717, 1.165) is 43.5 Å². The van der Waals surface area contributed by atoms with Crippen LogP contribution >= 0.6 is 11.8 Å². The predicted octanol–water partition coefficient (Wildman–Crippen LogP) is 2.21. The molecule has 2 heterocycles. The predicted molar refractivity (Wildman–Crippen MR) is 106 cm³/mol. The average molecular weight is 386 g/mol. The van der Waals surface area contributed by atoms with Crippen molar-refractivity contribution in [1.82, 2.24) is 9.80 Å². The molecule has 8 heteroatoms. The van der Waals surface area contributed by atoms with Crippen molar-refractivity contribution in [1.29, 1.82) is 5.26 Å². The third-order valence-corrected chi connectivity index (χ3v) is 5.54. The molecular weight excluding hydrogens is 364 g/mol. The number of carbonyl (C=O) groups excluding carboxylic acids is 1. The first-order valence-electron chi connectivity index (χ1n) is 8.73. The number of piperazine rings is 1. The van der Waals surface area contributed by atoms with E-state index in [1.54, 1.807) is 14.2 Å². The van der Waals surface area contributed by atoms with E-state index in [9.17, 15) is 4.79 Å². The lowest BCUT2D eigenvalue weighted by Crippen LogP contribution is -2.47. The number of thioether (sulfide) groups is 1. The average Bonchev–Trinajstić information content (AvgIpc) is 3.07. The number of nitriles is 1. The molecule has 0 unspecified atom stereocenters. The first-order chi connectivity index (χ1) is 13.1. The number of amidine groups is 1. The van der Waals surface area contributed by atoms with E-state index in [1.165, 1.54) is 11.8 Å². The van der Waals surface area contributed by atoms with Gasteiger partial charge in [0.1, 0.15) is 0 Å². The molecule has 0 saturated carbocycles. The molecule has 0 N–H and O–H groups in total. The van der Waals surface area contributed by atoms with E-state index in [2.05, 4.69) is 20.9 Å². The van der Waals surface area contributed by atoms with Crippen molar-refractivity contribution in [3.63, 3.8) is 0 Å². The summed E-state index contributed by atoms with van der Waals surface area (Å²) in [7, 11) is 3.17. The van der Waals surface area contributed by atoms with Crippen LogP contribution in [0, 0.1) is 11.3 Å². The van der Waals surface area contributed by atoms with Gasteiger partial charge in [-0.3, -0.25) is 9.69 Å². The van der Waals surface area contributed by atoms with Crippen LogP contribution in [0.15, 0.2) is 28.1 Å². The Bertz CT molecular complexity index is 808. The number of aliphatic imine (C=N–C) groups is 1. The SMILES string of the molecule is COc1ccc(C=C2SC(N3CCN(CCC#N)CC3)=NC2=O)cc1OC. The minimum absolute atomic E-state index is 0.211. The quantitative estimate of drug-likeness (QED) is 0.718. The van der Waals surface area contributed by atoms with E-state index in [-0.39, 0.29) is 5.91 Å². The Balaban J connectivity index is 1.64. The first kappa shape index (κ1) is 19.3. The molecular formula is C19H22N4O3S. The molecule has 0 radical (unpaired) electrons. The lowest BCUT2D eigenvalue weighted by atomic mass is 10.2. The van der Waals surface area contributed by atoms with Crippen molar-refractivity contribution in [2.24, 2.45) is 4.99 Å². The molecule has 0 aromatic heterocycles. The number of carbonyl (C=O) groups is 1. The molecule has 1 saturated heterocycles. The van der Waals surface area contributed by atoms with Gasteiger partial charge >= 0.3 is 0 Å². The summed E-state index contributed by atoms with van der Waals surface area (Å²) < 4.78 is 10.6. The Morgan fingerprint density at radius 3 is 2.63 bits per heavy atom. The van der Waals surface area contributed by atoms with E-state index in [4.69, 9.17) is 14.7 Å². The molecule has 0 aliphatic carbocycles. The number of benzene rings is 1. The lowest BCUT2D eigenvalue weighted by Gasteiger charge is -2.34. The summed E-state index contributed by atoms with van der Waals surface area (Å²) in [5.74, 6) is 1.06. The van der Waals surface area contributed by atoms with E-state index >= 15 is 0 Å². The van der Waals surface area contributed by atoms with Gasteiger partial charge in [0.15, 0.2) is 16.7 Å². The standard InChI is InChI=1S/C19H22N4O3S/c1-25-15-5-4-14(12-16(15)26-2)13-17-18(24)21-19(27-17)23-10-8-22(9-11-23)7-3-6-20/h4-5,12-13H,3,7-11H2,1-2H3. The van der Waals surface area contributed by atoms with Crippen molar-refractivity contribution >= 4 is 28.9 Å². The van der Waals surface area contributed by atoms with Crippen molar-refractivity contribution in [3.8, 4) is 17.6 Å². The van der Waals surface area contributed by atoms with Gasteiger partial charge in [-0.15, -0.1) is 0 Å². The van der Waals surface area contributed by atoms with Crippen LogP contribution in [0.25, 0.3) is 6.08 Å². The summed E-state index contributed by atoms with van der Waals surface area (Å²) in [5, 5.41) is 9.45. The fourth-order valence-corrected chi connectivity index (χ4v) is 3.96. The Morgan fingerprint density at radius 2 is 1.96 bits per heavy atom. The molecule has 2 aliphatic heterocycles. The Hall–Kier alpha value is -2.50. The maximum absolute atomic E-state index is 12.3. The third kappa shape index (κ3) is 4.62. The maximum atomic E-state index is 12.3. The van der Waals surface area contributed by atoms with Crippen LogP contribution in [0.1, 0.15) is 12.0 Å². The second kappa shape index (κ2) is 8.93. The van der Waals surface area contributed by atoms with E-state index in [1.807, 2.05) is 24.3 Å². The zero-order valence-corrected chi connectivity index (χ0v) is 16.3. The van der Waals surface area contributed by atoms with Crippen LogP contribution in [0.2, 0.25) is 0 Å². The molecule has 0 spiro atoms. The summed E-state index contributed by atoms with van der Waals surface area (Å²) in [5.41, 5.74) is 0.862. The number of nitrogens with zero attached hydrogens (tertiary/aromatic N) is 4. The molecule has 142 valence electrons. The van der Waals surface area contributed by atoms with Crippen LogP contribution in [-0.4, -0.2) is 67.8 Å². The minimum Gasteiger partial charge on any atom is -0.493 e. The van der Waals surface area contributed by atoms with Gasteiger partial charge in [-0.05, 0) is 35.5 Å². The van der Waals surface area contributed by atoms with Gasteiger partial charge in [0, 0.05) is 39.1 Å². The molecule has 7 nitrogen and oxygen atoms in total. The smallest absolute Gasteiger partial charge is 0.286 e. The number of hydrogen-bond donors (Lipinski definition) is 0. The van der Waals surface area contributed by atoms with Crippen molar-refractivity contribution < 1.29 is 14.3 Å². The Labute approximate surface area is 163 Å². The molecule has 1 amide bonds. The van der Waals surface area contributed by atoms with Crippen molar-refractivity contribution in [3.05, 3.63) is 28.7 Å². The van der Waals surface area contributed by atoms with Gasteiger partial charge < -0.3 is 14.4 Å². The molecule has 2 aliphatic rings. The highest BCUT2D eigenvalue weighted by Crippen LogP contribution is 2.33. The number of hydrogen-bond acceptors (Lipinski definition) is 7. The van der Waals surface area contributed by atoms with Gasteiger partial charge in [-0.1, -0.05) is 6.07 Å². The lowest BCUT2D eigenvalue weighted by molar-refractivity contribution is -0.113. The van der Waals surface area contributed by atoms with Crippen LogP contribution in [0.5, 0.6) is 11.5 Å². The molecule has 27 heavy (non-hydrogen) atoms. The highest BCUT2D eigenvalue weighted by atomic mass is 32.2. The highest BCUT2D eigenvalue weighted by Gasteiger charge is 2.28. The largest absolute Gasteiger partial charge is 0.493 e. The Morgan fingerprint density at radius 1 is 1.22 bits per heavy atom. The number of amides is 1. The number of ether oxygens (including phenoxy) is 2. The zero-order chi connectivity index (χ0) is 19.2. The third-order valence-electron chi connectivity index (χ3n) is 4.50. The summed E-state index contributed by atoms with van der Waals surface area (Å²) in [6, 6.07) is 7.72. The van der Waals surface area contributed by atoms with Gasteiger partial charge in [0.2, 0.25) is 0 Å². The molecule has 0 bridgehead atoms. The van der Waals surface area contributed by atoms with Gasteiger partial charge in [0.25, 0.3) is 5.91 Å². The Kier molecular flexibility index (Phi) is 6.37. The monoisotopic (exact) mass is 386 g/mol. The fraction of sp³-hybridized carbons (Fsp3) is 0.421. The number of methoxy groups -OCH3 is 2. The van der Waals surface area contributed by atoms with Crippen molar-refractivity contribution in [2.45, 2.75) is 6.42 Å². The normalized spacial score (nSPS) is 19.1. The van der Waals surface area contributed by atoms with Gasteiger partial charge in [-0.25, -0.2) is 0 Å². The summed E-state index contributed by atoms with van der Waals surface area (Å²) >= 11 is 1.41. The minimum atomic E-state index is -0.211. The zero-order valence-electron chi connectivity index (χ0n) is 15.5. The molecule has 1 aromatic carbocycles. The number of rotatable bonds is 5. The van der Waals surface area contributed by atoms with Crippen LogP contribution in [-0.2, 0) is 4.79 Å². The second-order valence-electron chi connectivity index (χ2n) is 6.16. The first-order valence-corrected chi connectivity index (χ1v) is 9.55. The second-order valence-corrected chi connectivity index (χ2v) is 7.17. The molecule has 3 rings (SSSR count). The van der Waals surface area contributed by atoms with Crippen LogP contribution in [0.3, 0.4) is 0 Å². The summed E-state index contributed by atoms with van der Waals surface area (Å²) in [6.45, 7) is 4.18. The van der Waals surface area contributed by atoms with Crippen LogP contribution < -0.4 is 9.47 Å². The van der Waals surface area contributed by atoms with Crippen LogP contribution in [0.4, 0.5) is 0 Å². The topological polar surface area (TPSA) is 78.2 Å². The van der Waals surface area contributed by atoms with Gasteiger partial charge in [-0.2, -0.15) is 10.3 Å². The molecule has 1 fully saturated rings.